The maximum Gasteiger partial charge on any atom is 0.335 e. The van der Waals surface area contributed by atoms with Gasteiger partial charge in [0.2, 0.25) is 11.8 Å². The Balaban J connectivity index is 1.18. The molecule has 17 nitrogen and oxygen atoms in total. The van der Waals surface area contributed by atoms with E-state index in [-0.39, 0.29) is 51.0 Å². The fourth-order valence-corrected chi connectivity index (χ4v) is 5.82. The molecule has 6 amide bonds. The van der Waals surface area contributed by atoms with Gasteiger partial charge >= 0.3 is 5.97 Å². The number of nitrogens with zero attached hydrogens (tertiary/aromatic N) is 1. The molecule has 0 aliphatic carbocycles. The van der Waals surface area contributed by atoms with Gasteiger partial charge in [0.1, 0.15) is 6.04 Å². The standard InChI is InChI=1S/C45H41N7O10/c1-25(2)62-39-35(20-19-34(38(39)54)43(58)49-32-17-13-31(14-18-32)45(60)61)51-41(56)30-11-15-33(16-12-30)50-44(59)36(23-37(47)53)52-42(57)29-7-3-26(4-8-29)21-22-48-40(55)28-9-5-27(24-46)6-10-28/h3-20,25,36,54H,21-23H2,1-2H3,(H2,47,53)(H,48,55)(H,49,58)(H,50,59)(H,51,56)(H,52,57)(H,60,61). The van der Waals surface area contributed by atoms with E-state index in [2.05, 4.69) is 26.6 Å². The van der Waals surface area contributed by atoms with Gasteiger partial charge in [-0.2, -0.15) is 5.26 Å². The maximum atomic E-state index is 13.3. The number of carboxylic acids is 1. The van der Waals surface area contributed by atoms with Gasteiger partial charge in [0.25, 0.3) is 23.6 Å². The lowest BCUT2D eigenvalue weighted by molar-refractivity contribution is -0.123. The number of primary amides is 1. The first kappa shape index (κ1) is 44.6. The molecule has 1 atom stereocenters. The predicted molar refractivity (Wildman–Crippen MR) is 227 cm³/mol. The lowest BCUT2D eigenvalue weighted by atomic mass is 10.1. The molecule has 0 heterocycles. The van der Waals surface area contributed by atoms with Crippen molar-refractivity contribution in [3.63, 3.8) is 0 Å². The van der Waals surface area contributed by atoms with Crippen LogP contribution in [0, 0.1) is 11.3 Å². The average molecular weight is 840 g/mol. The number of nitrogens with two attached hydrogens (primary N) is 1. The van der Waals surface area contributed by atoms with Crippen molar-refractivity contribution in [1.82, 2.24) is 10.6 Å². The van der Waals surface area contributed by atoms with Crippen molar-refractivity contribution in [2.24, 2.45) is 5.73 Å². The second-order valence-corrected chi connectivity index (χ2v) is 14.0. The zero-order chi connectivity index (χ0) is 44.9. The number of hydrogen-bond acceptors (Lipinski definition) is 10. The Kier molecular flexibility index (Phi) is 14.7. The van der Waals surface area contributed by atoms with Gasteiger partial charge in [-0.1, -0.05) is 12.1 Å². The average Bonchev–Trinajstić information content (AvgIpc) is 3.25. The molecular formula is C45H41N7O10. The summed E-state index contributed by atoms with van der Waals surface area (Å²) in [6.07, 6.45) is -0.535. The Bertz CT molecular complexity index is 2530. The summed E-state index contributed by atoms with van der Waals surface area (Å²) < 4.78 is 5.77. The van der Waals surface area contributed by atoms with Crippen LogP contribution in [0.4, 0.5) is 17.1 Å². The van der Waals surface area contributed by atoms with Crippen LogP contribution in [0.3, 0.4) is 0 Å². The molecule has 5 aromatic rings. The first-order chi connectivity index (χ1) is 29.6. The van der Waals surface area contributed by atoms with Crippen molar-refractivity contribution >= 4 is 58.5 Å². The van der Waals surface area contributed by atoms with E-state index in [1.54, 1.807) is 50.2 Å². The number of rotatable bonds is 17. The Morgan fingerprint density at radius 2 is 1.23 bits per heavy atom. The molecule has 5 aromatic carbocycles. The minimum atomic E-state index is -1.35. The van der Waals surface area contributed by atoms with E-state index in [0.717, 1.165) is 5.56 Å². The van der Waals surface area contributed by atoms with Crippen LogP contribution in [0.25, 0.3) is 0 Å². The van der Waals surface area contributed by atoms with Crippen LogP contribution in [0.5, 0.6) is 11.5 Å². The van der Waals surface area contributed by atoms with Gasteiger partial charge in [-0.25, -0.2) is 4.79 Å². The van der Waals surface area contributed by atoms with E-state index < -0.39 is 59.8 Å². The van der Waals surface area contributed by atoms with Gasteiger partial charge in [0, 0.05) is 34.6 Å². The number of phenols is 1. The molecule has 0 saturated heterocycles. The number of phenolic OH excluding ortho intramolecular Hbond substituents is 1. The Morgan fingerprint density at radius 3 is 1.81 bits per heavy atom. The van der Waals surface area contributed by atoms with E-state index in [1.165, 1.54) is 72.8 Å². The van der Waals surface area contributed by atoms with Crippen LogP contribution in [0.15, 0.2) is 109 Å². The van der Waals surface area contributed by atoms with Gasteiger partial charge in [-0.3, -0.25) is 28.8 Å². The number of hydrogen-bond donors (Lipinski definition) is 8. The molecule has 316 valence electrons. The molecule has 0 spiro atoms. The highest BCUT2D eigenvalue weighted by Gasteiger charge is 2.25. The number of amides is 6. The summed E-state index contributed by atoms with van der Waals surface area (Å²) in [5, 5.41) is 42.3. The summed E-state index contributed by atoms with van der Waals surface area (Å²) in [6, 6.07) is 27.0. The van der Waals surface area contributed by atoms with E-state index >= 15 is 0 Å². The number of carbonyl (C=O) groups is 7. The van der Waals surface area contributed by atoms with Crippen LogP contribution < -0.4 is 37.1 Å². The van der Waals surface area contributed by atoms with Gasteiger partial charge in [-0.05, 0) is 123 Å². The van der Waals surface area contributed by atoms with E-state index in [9.17, 15) is 38.7 Å². The Labute approximate surface area is 354 Å². The fourth-order valence-electron chi connectivity index (χ4n) is 5.82. The SMILES string of the molecule is CC(C)Oc1c(NC(=O)c2ccc(NC(=O)C(CC(N)=O)NC(=O)c3ccc(CCNC(=O)c4ccc(C#N)cc4)cc3)cc2)ccc(C(=O)Nc2ccc(C(=O)O)cc2)c1O. The number of ether oxygens (including phenoxy) is 1. The van der Waals surface area contributed by atoms with E-state index in [1.807, 2.05) is 6.07 Å². The van der Waals surface area contributed by atoms with E-state index in [0.29, 0.717) is 24.1 Å². The minimum absolute atomic E-state index is 0.0220. The summed E-state index contributed by atoms with van der Waals surface area (Å²) in [5.41, 5.74) is 7.78. The molecule has 0 saturated carbocycles. The number of benzene rings is 5. The van der Waals surface area contributed by atoms with Gasteiger partial charge < -0.3 is 47.3 Å². The second kappa shape index (κ2) is 20.4. The third-order valence-electron chi connectivity index (χ3n) is 9.00. The van der Waals surface area contributed by atoms with Crippen molar-refractivity contribution in [1.29, 1.82) is 5.26 Å². The molecule has 0 bridgehead atoms. The number of carbonyl (C=O) groups excluding carboxylic acids is 6. The highest BCUT2D eigenvalue weighted by atomic mass is 16.5. The van der Waals surface area contributed by atoms with Gasteiger partial charge in [-0.15, -0.1) is 0 Å². The number of aromatic hydroxyl groups is 1. The number of nitriles is 1. The number of anilines is 3. The second-order valence-electron chi connectivity index (χ2n) is 14.0. The smallest absolute Gasteiger partial charge is 0.335 e. The molecule has 0 radical (unpaired) electrons. The molecule has 9 N–H and O–H groups in total. The first-order valence-electron chi connectivity index (χ1n) is 19.0. The van der Waals surface area contributed by atoms with E-state index in [4.69, 9.17) is 20.8 Å². The number of nitrogens with one attached hydrogen (secondary N) is 5. The minimum Gasteiger partial charge on any atom is -0.504 e. The molecule has 0 aromatic heterocycles. The molecule has 0 aliphatic heterocycles. The zero-order valence-corrected chi connectivity index (χ0v) is 33.4. The van der Waals surface area contributed by atoms with Gasteiger partial charge in [0.15, 0.2) is 11.5 Å². The molecule has 17 heteroatoms. The van der Waals surface area contributed by atoms with Crippen LogP contribution in [-0.2, 0) is 16.0 Å². The zero-order valence-electron chi connectivity index (χ0n) is 33.4. The topological polar surface area (TPSA) is 279 Å². The normalized spacial score (nSPS) is 11.0. The lowest BCUT2D eigenvalue weighted by Gasteiger charge is -2.19. The number of carboxylic acid groups (broad SMARTS) is 1. The van der Waals surface area contributed by atoms with Crippen LogP contribution in [-0.4, -0.2) is 70.3 Å². The third-order valence-corrected chi connectivity index (χ3v) is 9.00. The molecule has 62 heavy (non-hydrogen) atoms. The Morgan fingerprint density at radius 1 is 0.677 bits per heavy atom. The van der Waals surface area contributed by atoms with Crippen molar-refractivity contribution < 1.29 is 48.5 Å². The molecule has 0 aliphatic rings. The highest BCUT2D eigenvalue weighted by molar-refractivity contribution is 6.10. The quantitative estimate of drug-likeness (QED) is 0.0627. The monoisotopic (exact) mass is 839 g/mol. The maximum absolute atomic E-state index is 13.3. The summed E-state index contributed by atoms with van der Waals surface area (Å²) in [5.74, 6) is -5.76. The van der Waals surface area contributed by atoms with Crippen LogP contribution in [0.2, 0.25) is 0 Å². The number of aromatic carboxylic acids is 1. The van der Waals surface area contributed by atoms with Crippen molar-refractivity contribution in [2.45, 2.75) is 38.8 Å². The largest absolute Gasteiger partial charge is 0.504 e. The summed E-state index contributed by atoms with van der Waals surface area (Å²) >= 11 is 0. The molecule has 5 rings (SSSR count). The summed E-state index contributed by atoms with van der Waals surface area (Å²) in [6.45, 7) is 3.67. The third kappa shape index (κ3) is 12.0. The highest BCUT2D eigenvalue weighted by Crippen LogP contribution is 2.39. The Hall–Kier alpha value is -8.52. The van der Waals surface area contributed by atoms with Crippen LogP contribution in [0.1, 0.15) is 83.2 Å². The first-order valence-corrected chi connectivity index (χ1v) is 19.0. The van der Waals surface area contributed by atoms with Crippen molar-refractivity contribution in [3.05, 3.63) is 148 Å². The van der Waals surface area contributed by atoms with Crippen molar-refractivity contribution in [3.8, 4) is 17.6 Å². The fraction of sp³-hybridized carbons (Fsp3) is 0.156. The van der Waals surface area contributed by atoms with Crippen molar-refractivity contribution in [2.75, 3.05) is 22.5 Å². The van der Waals surface area contributed by atoms with Crippen LogP contribution >= 0.6 is 0 Å². The molecule has 1 unspecified atom stereocenters. The summed E-state index contributed by atoms with van der Waals surface area (Å²) in [7, 11) is 0. The molecular weight excluding hydrogens is 799 g/mol. The predicted octanol–water partition coefficient (Wildman–Crippen LogP) is 4.84. The summed E-state index contributed by atoms with van der Waals surface area (Å²) in [4.78, 5) is 88.1. The van der Waals surface area contributed by atoms with Gasteiger partial charge in [0.05, 0.1) is 41.0 Å². The lowest BCUT2D eigenvalue weighted by Crippen LogP contribution is -2.46. The molecule has 0 fully saturated rings.